The molecule has 0 unspecified atom stereocenters. The molecule has 0 spiro atoms. The number of nitro groups is 1. The van der Waals surface area contributed by atoms with E-state index in [4.69, 9.17) is 9.47 Å². The molecule has 0 N–H and O–H groups in total. The summed E-state index contributed by atoms with van der Waals surface area (Å²) in [6.45, 7) is 0.174. The third-order valence-electron chi connectivity index (χ3n) is 2.02. The topological polar surface area (TPSA) is 61.6 Å². The van der Waals surface area contributed by atoms with E-state index in [9.17, 15) is 10.1 Å². The Morgan fingerprint density at radius 1 is 1.36 bits per heavy atom. The van der Waals surface area contributed by atoms with Crippen LogP contribution < -0.4 is 9.47 Å². The lowest BCUT2D eigenvalue weighted by atomic mass is 10.1. The lowest BCUT2D eigenvalue weighted by Crippen LogP contribution is -2.03. The van der Waals surface area contributed by atoms with Crippen molar-refractivity contribution in [3.05, 3.63) is 33.9 Å². The van der Waals surface area contributed by atoms with Gasteiger partial charge in [-0.2, -0.15) is 0 Å². The first kappa shape index (κ1) is 8.80. The molecule has 0 saturated carbocycles. The van der Waals surface area contributed by atoms with Crippen LogP contribution in [0.3, 0.4) is 0 Å². The van der Waals surface area contributed by atoms with Crippen LogP contribution in [0.25, 0.3) is 0 Å². The van der Waals surface area contributed by atoms with Gasteiger partial charge in [-0.1, -0.05) is 6.07 Å². The molecule has 5 heteroatoms. The quantitative estimate of drug-likeness (QED) is 0.537. The molecule has 2 rings (SSSR count). The second-order valence-corrected chi connectivity index (χ2v) is 2.99. The molecule has 1 heterocycles. The van der Waals surface area contributed by atoms with E-state index in [1.165, 1.54) is 0 Å². The Morgan fingerprint density at radius 3 is 2.93 bits per heavy atom. The van der Waals surface area contributed by atoms with Gasteiger partial charge in [0.1, 0.15) is 0 Å². The zero-order valence-corrected chi connectivity index (χ0v) is 7.43. The van der Waals surface area contributed by atoms with Gasteiger partial charge < -0.3 is 9.47 Å². The highest BCUT2D eigenvalue weighted by Gasteiger charge is 2.13. The summed E-state index contributed by atoms with van der Waals surface area (Å²) < 4.78 is 10.3. The molecule has 0 saturated heterocycles. The number of fused-ring (bicyclic) bond motifs is 1. The maximum Gasteiger partial charge on any atom is 0.231 e. The lowest BCUT2D eigenvalue weighted by molar-refractivity contribution is -0.479. The monoisotopic (exact) mass is 195 g/mol. The Labute approximate surface area is 80.4 Å². The molecule has 5 nitrogen and oxygen atoms in total. The van der Waals surface area contributed by atoms with Crippen molar-refractivity contribution < 1.29 is 14.4 Å². The molecule has 0 bridgehead atoms. The Hall–Kier alpha value is -1.78. The molecular weight excluding hydrogens is 186 g/mol. The third-order valence-corrected chi connectivity index (χ3v) is 2.02. The molecule has 0 aliphatic carbocycles. The van der Waals surface area contributed by atoms with Gasteiger partial charge in [-0.3, -0.25) is 10.1 Å². The van der Waals surface area contributed by atoms with Crippen molar-refractivity contribution in [3.63, 3.8) is 0 Å². The van der Waals surface area contributed by atoms with Crippen LogP contribution in [0.2, 0.25) is 0 Å². The largest absolute Gasteiger partial charge is 0.454 e. The summed E-state index contributed by atoms with van der Waals surface area (Å²) in [4.78, 5) is 9.83. The molecule has 1 aromatic carbocycles. The number of benzene rings is 1. The summed E-state index contributed by atoms with van der Waals surface area (Å²) in [5.41, 5.74) is 0.894. The number of nitrogens with zero attached hydrogens (tertiary/aromatic N) is 1. The first-order chi connectivity index (χ1) is 6.75. The van der Waals surface area contributed by atoms with Crippen LogP contribution in [-0.2, 0) is 6.42 Å². The molecule has 0 aromatic heterocycles. The van der Waals surface area contributed by atoms with Crippen molar-refractivity contribution in [2.45, 2.75) is 6.42 Å². The smallest absolute Gasteiger partial charge is 0.231 e. The first-order valence-electron chi connectivity index (χ1n) is 4.26. The van der Waals surface area contributed by atoms with E-state index in [2.05, 4.69) is 0 Å². The zero-order valence-electron chi connectivity index (χ0n) is 7.43. The highest BCUT2D eigenvalue weighted by Crippen LogP contribution is 2.32. The highest BCUT2D eigenvalue weighted by molar-refractivity contribution is 5.44. The van der Waals surface area contributed by atoms with Crippen LogP contribution >= 0.6 is 0 Å². The predicted molar refractivity (Wildman–Crippen MR) is 48.1 cm³/mol. The van der Waals surface area contributed by atoms with E-state index >= 15 is 0 Å². The second-order valence-electron chi connectivity index (χ2n) is 2.99. The third kappa shape index (κ3) is 1.76. The summed E-state index contributed by atoms with van der Waals surface area (Å²) in [5, 5.41) is 10.2. The lowest BCUT2D eigenvalue weighted by Gasteiger charge is -1.99. The maximum absolute atomic E-state index is 10.2. The van der Waals surface area contributed by atoms with Gasteiger partial charge in [0.25, 0.3) is 0 Å². The fraction of sp³-hybridized carbons (Fsp3) is 0.333. The van der Waals surface area contributed by atoms with E-state index in [-0.39, 0.29) is 18.3 Å². The van der Waals surface area contributed by atoms with Crippen molar-refractivity contribution in [1.82, 2.24) is 0 Å². The Kier molecular flexibility index (Phi) is 2.22. The molecule has 1 aliphatic heterocycles. The van der Waals surface area contributed by atoms with Gasteiger partial charge in [0.05, 0.1) is 0 Å². The second kappa shape index (κ2) is 3.53. The first-order valence-corrected chi connectivity index (χ1v) is 4.26. The molecule has 0 radical (unpaired) electrons. The SMILES string of the molecule is O=[N+]([O-])CCc1ccc2c(c1)OCO2. The van der Waals surface area contributed by atoms with E-state index < -0.39 is 0 Å². The summed E-state index contributed by atoms with van der Waals surface area (Å²) in [7, 11) is 0. The standard InChI is InChI=1S/C9H9NO4/c11-10(12)4-3-7-1-2-8-9(5-7)14-6-13-8/h1-2,5H,3-4,6H2. The molecule has 14 heavy (non-hydrogen) atoms. The average Bonchev–Trinajstić information content (AvgIpc) is 2.61. The summed E-state index contributed by atoms with van der Waals surface area (Å²) in [6.07, 6.45) is 0.420. The van der Waals surface area contributed by atoms with Crippen molar-refractivity contribution in [3.8, 4) is 11.5 Å². The van der Waals surface area contributed by atoms with Crippen LogP contribution in [-0.4, -0.2) is 18.3 Å². The Bertz CT molecular complexity index is 364. The van der Waals surface area contributed by atoms with Crippen molar-refractivity contribution in [1.29, 1.82) is 0 Å². The fourth-order valence-electron chi connectivity index (χ4n) is 1.32. The number of hydrogen-bond donors (Lipinski definition) is 0. The Morgan fingerprint density at radius 2 is 2.14 bits per heavy atom. The molecule has 74 valence electrons. The number of hydrogen-bond acceptors (Lipinski definition) is 4. The Balaban J connectivity index is 2.09. The van der Waals surface area contributed by atoms with Gasteiger partial charge in [0.15, 0.2) is 11.5 Å². The van der Waals surface area contributed by atoms with Crippen LogP contribution in [0.1, 0.15) is 5.56 Å². The molecule has 1 aliphatic rings. The van der Waals surface area contributed by atoms with Crippen LogP contribution in [0, 0.1) is 10.1 Å². The minimum atomic E-state index is -0.329. The molecule has 0 amide bonds. The van der Waals surface area contributed by atoms with E-state index in [1.54, 1.807) is 12.1 Å². The van der Waals surface area contributed by atoms with Gasteiger partial charge in [-0.25, -0.2) is 0 Å². The van der Waals surface area contributed by atoms with Gasteiger partial charge in [0.2, 0.25) is 13.3 Å². The van der Waals surface area contributed by atoms with Gasteiger partial charge >= 0.3 is 0 Å². The van der Waals surface area contributed by atoms with E-state index in [1.807, 2.05) is 6.07 Å². The summed E-state index contributed by atoms with van der Waals surface area (Å²) >= 11 is 0. The average molecular weight is 195 g/mol. The molecule has 0 fully saturated rings. The summed E-state index contributed by atoms with van der Waals surface area (Å²) in [5.74, 6) is 1.38. The maximum atomic E-state index is 10.2. The highest BCUT2D eigenvalue weighted by atomic mass is 16.7. The van der Waals surface area contributed by atoms with Crippen LogP contribution in [0.4, 0.5) is 0 Å². The normalized spacial score (nSPS) is 12.9. The molecule has 1 aromatic rings. The van der Waals surface area contributed by atoms with E-state index in [0.29, 0.717) is 17.9 Å². The van der Waals surface area contributed by atoms with Crippen molar-refractivity contribution >= 4 is 0 Å². The molecular formula is C9H9NO4. The minimum Gasteiger partial charge on any atom is -0.454 e. The van der Waals surface area contributed by atoms with Gasteiger partial charge in [-0.15, -0.1) is 0 Å². The molecule has 0 atom stereocenters. The van der Waals surface area contributed by atoms with Crippen molar-refractivity contribution in [2.75, 3.05) is 13.3 Å². The van der Waals surface area contributed by atoms with Crippen LogP contribution in [0.5, 0.6) is 11.5 Å². The summed E-state index contributed by atoms with van der Waals surface area (Å²) in [6, 6.07) is 5.38. The number of ether oxygens (including phenoxy) is 2. The van der Waals surface area contributed by atoms with Crippen LogP contribution in [0.15, 0.2) is 18.2 Å². The van der Waals surface area contributed by atoms with Gasteiger partial charge in [0, 0.05) is 11.3 Å². The fourth-order valence-corrected chi connectivity index (χ4v) is 1.32. The van der Waals surface area contributed by atoms with Gasteiger partial charge in [-0.05, 0) is 17.7 Å². The predicted octanol–water partition coefficient (Wildman–Crippen LogP) is 1.23. The minimum absolute atomic E-state index is 0.0559. The number of rotatable bonds is 3. The van der Waals surface area contributed by atoms with Crippen molar-refractivity contribution in [2.24, 2.45) is 0 Å². The zero-order chi connectivity index (χ0) is 9.97. The van der Waals surface area contributed by atoms with E-state index in [0.717, 1.165) is 5.56 Å².